The molecule has 4 nitrogen and oxygen atoms in total. The molecule has 0 bridgehead atoms. The number of ketones is 1. The summed E-state index contributed by atoms with van der Waals surface area (Å²) in [4.78, 5) is 18.4. The molecule has 1 N–H and O–H groups in total. The number of carbonyl (C=O) groups excluding carboxylic acids is 1. The molecule has 0 amide bonds. The molecule has 2 heterocycles. The number of likely N-dealkylation sites (tertiary alicyclic amines) is 1. The van der Waals surface area contributed by atoms with Crippen LogP contribution in [-0.2, 0) is 0 Å². The van der Waals surface area contributed by atoms with Gasteiger partial charge in [0.2, 0.25) is 0 Å². The van der Waals surface area contributed by atoms with Crippen molar-refractivity contribution in [2.24, 2.45) is 5.92 Å². The maximum absolute atomic E-state index is 12.8. The zero-order chi connectivity index (χ0) is 15.7. The van der Waals surface area contributed by atoms with Crippen LogP contribution in [0, 0.1) is 12.8 Å². The van der Waals surface area contributed by atoms with Crippen LogP contribution in [0.15, 0.2) is 18.2 Å². The normalized spacial score (nSPS) is 19.5. The Labute approximate surface area is 131 Å². The number of nitrogens with zero attached hydrogens (tertiary/aromatic N) is 1. The smallest absolute Gasteiger partial charge is 0.179 e. The van der Waals surface area contributed by atoms with Gasteiger partial charge in [-0.25, -0.2) is 0 Å². The Kier molecular flexibility index (Phi) is 4.21. The predicted octanol–water partition coefficient (Wildman–Crippen LogP) is 3.40. The SMILES string of the molecule is COc1ccc2[nH]c(C)c(C(=O)CN3CCC[C@@H](C)C3)c2c1. The Morgan fingerprint density at radius 3 is 3.00 bits per heavy atom. The van der Waals surface area contributed by atoms with Gasteiger partial charge in [0.05, 0.1) is 13.7 Å². The molecule has 1 aromatic heterocycles. The summed E-state index contributed by atoms with van der Waals surface area (Å²) in [6.07, 6.45) is 2.46. The van der Waals surface area contributed by atoms with Gasteiger partial charge in [-0.05, 0) is 50.4 Å². The van der Waals surface area contributed by atoms with E-state index in [1.807, 2.05) is 25.1 Å². The molecular formula is C18H24N2O2. The van der Waals surface area contributed by atoms with Gasteiger partial charge >= 0.3 is 0 Å². The van der Waals surface area contributed by atoms with Crippen LogP contribution in [-0.4, -0.2) is 42.4 Å². The van der Waals surface area contributed by atoms with Crippen molar-refractivity contribution in [1.29, 1.82) is 0 Å². The summed E-state index contributed by atoms with van der Waals surface area (Å²) in [5, 5.41) is 0.965. The van der Waals surface area contributed by atoms with E-state index in [1.54, 1.807) is 7.11 Å². The van der Waals surface area contributed by atoms with Gasteiger partial charge in [0, 0.05) is 28.7 Å². The van der Waals surface area contributed by atoms with E-state index < -0.39 is 0 Å². The third kappa shape index (κ3) is 2.88. The molecule has 0 spiro atoms. The second-order valence-corrected chi connectivity index (χ2v) is 6.44. The lowest BCUT2D eigenvalue weighted by Crippen LogP contribution is -2.38. The quantitative estimate of drug-likeness (QED) is 0.880. The standard InChI is InChI=1S/C18H24N2O2/c1-12-5-4-8-20(10-12)11-17(21)18-13(2)19-16-7-6-14(22-3)9-15(16)18/h6-7,9,12,19H,4-5,8,10-11H2,1-3H3/t12-/m1/s1. The Hall–Kier alpha value is -1.81. The van der Waals surface area contributed by atoms with Crippen LogP contribution in [0.5, 0.6) is 5.75 Å². The summed E-state index contributed by atoms with van der Waals surface area (Å²) in [5.41, 5.74) is 2.75. The number of aromatic amines is 1. The van der Waals surface area contributed by atoms with Crippen LogP contribution < -0.4 is 4.74 Å². The molecule has 0 saturated carbocycles. The number of hydrogen-bond acceptors (Lipinski definition) is 3. The maximum atomic E-state index is 12.8. The second-order valence-electron chi connectivity index (χ2n) is 6.44. The topological polar surface area (TPSA) is 45.3 Å². The largest absolute Gasteiger partial charge is 0.497 e. The number of Topliss-reactive ketones (excluding diaryl/α,β-unsaturated/α-hetero) is 1. The van der Waals surface area contributed by atoms with Crippen molar-refractivity contribution in [2.75, 3.05) is 26.7 Å². The molecule has 2 aromatic rings. The molecule has 1 aliphatic rings. The first-order chi connectivity index (χ1) is 10.6. The number of nitrogens with one attached hydrogen (secondary N) is 1. The Morgan fingerprint density at radius 1 is 1.45 bits per heavy atom. The van der Waals surface area contributed by atoms with Crippen LogP contribution in [0.1, 0.15) is 35.8 Å². The molecule has 4 heteroatoms. The van der Waals surface area contributed by atoms with E-state index in [0.717, 1.165) is 41.0 Å². The number of carbonyl (C=O) groups is 1. The summed E-state index contributed by atoms with van der Waals surface area (Å²) < 4.78 is 5.29. The number of ether oxygens (including phenoxy) is 1. The van der Waals surface area contributed by atoms with Gasteiger partial charge in [0.1, 0.15) is 5.75 Å². The molecule has 1 fully saturated rings. The number of H-pyrrole nitrogens is 1. The fraction of sp³-hybridized carbons (Fsp3) is 0.500. The minimum Gasteiger partial charge on any atom is -0.497 e. The van der Waals surface area contributed by atoms with Crippen molar-refractivity contribution in [3.05, 3.63) is 29.5 Å². The van der Waals surface area contributed by atoms with Crippen LogP contribution >= 0.6 is 0 Å². The number of methoxy groups -OCH3 is 1. The van der Waals surface area contributed by atoms with Gasteiger partial charge < -0.3 is 9.72 Å². The molecule has 1 aromatic carbocycles. The van der Waals surface area contributed by atoms with Gasteiger partial charge in [-0.15, -0.1) is 0 Å². The summed E-state index contributed by atoms with van der Waals surface area (Å²) in [6, 6.07) is 5.84. The minimum absolute atomic E-state index is 0.200. The van der Waals surface area contributed by atoms with Gasteiger partial charge in [0.15, 0.2) is 5.78 Å². The lowest BCUT2D eigenvalue weighted by Gasteiger charge is -2.30. The summed E-state index contributed by atoms with van der Waals surface area (Å²) >= 11 is 0. The highest BCUT2D eigenvalue weighted by Crippen LogP contribution is 2.27. The number of benzene rings is 1. The van der Waals surface area contributed by atoms with Gasteiger partial charge in [-0.1, -0.05) is 6.92 Å². The van der Waals surface area contributed by atoms with Crippen LogP contribution in [0.4, 0.5) is 0 Å². The molecule has 22 heavy (non-hydrogen) atoms. The zero-order valence-corrected chi connectivity index (χ0v) is 13.6. The summed E-state index contributed by atoms with van der Waals surface area (Å²) in [7, 11) is 1.65. The number of fused-ring (bicyclic) bond motifs is 1. The molecule has 0 unspecified atom stereocenters. The molecule has 0 radical (unpaired) electrons. The zero-order valence-electron chi connectivity index (χ0n) is 13.6. The third-order valence-electron chi connectivity index (χ3n) is 4.58. The highest BCUT2D eigenvalue weighted by atomic mass is 16.5. The molecular weight excluding hydrogens is 276 g/mol. The molecule has 1 atom stereocenters. The van der Waals surface area contributed by atoms with E-state index in [2.05, 4.69) is 16.8 Å². The number of aromatic nitrogens is 1. The third-order valence-corrected chi connectivity index (χ3v) is 4.58. The Bertz CT molecular complexity index is 690. The highest BCUT2D eigenvalue weighted by Gasteiger charge is 2.22. The average molecular weight is 300 g/mol. The second kappa shape index (κ2) is 6.13. The van der Waals surface area contributed by atoms with Crippen LogP contribution in [0.3, 0.4) is 0 Å². The van der Waals surface area contributed by atoms with E-state index in [0.29, 0.717) is 12.5 Å². The summed E-state index contributed by atoms with van der Waals surface area (Å²) in [5.74, 6) is 1.67. The molecule has 3 rings (SSSR count). The first-order valence-electron chi connectivity index (χ1n) is 8.00. The van der Waals surface area contributed by atoms with E-state index in [1.165, 1.54) is 12.8 Å². The van der Waals surface area contributed by atoms with E-state index in [9.17, 15) is 4.79 Å². The predicted molar refractivity (Wildman–Crippen MR) is 88.8 cm³/mol. The fourth-order valence-electron chi connectivity index (χ4n) is 3.50. The van der Waals surface area contributed by atoms with Crippen molar-refractivity contribution < 1.29 is 9.53 Å². The van der Waals surface area contributed by atoms with Crippen molar-refractivity contribution in [2.45, 2.75) is 26.7 Å². The number of piperidine rings is 1. The minimum atomic E-state index is 0.200. The summed E-state index contributed by atoms with van der Waals surface area (Å²) in [6.45, 7) is 6.80. The Morgan fingerprint density at radius 2 is 2.27 bits per heavy atom. The van der Waals surface area contributed by atoms with Gasteiger partial charge in [0.25, 0.3) is 0 Å². The van der Waals surface area contributed by atoms with Gasteiger partial charge in [-0.2, -0.15) is 0 Å². The van der Waals surface area contributed by atoms with Crippen LogP contribution in [0.2, 0.25) is 0 Å². The van der Waals surface area contributed by atoms with Gasteiger partial charge in [-0.3, -0.25) is 9.69 Å². The molecule has 1 aliphatic heterocycles. The van der Waals surface area contributed by atoms with E-state index >= 15 is 0 Å². The Balaban J connectivity index is 1.88. The average Bonchev–Trinajstić information content (AvgIpc) is 2.82. The van der Waals surface area contributed by atoms with Crippen LogP contribution in [0.25, 0.3) is 10.9 Å². The van der Waals surface area contributed by atoms with E-state index in [4.69, 9.17) is 4.74 Å². The highest BCUT2D eigenvalue weighted by molar-refractivity contribution is 6.10. The first-order valence-corrected chi connectivity index (χ1v) is 8.00. The lowest BCUT2D eigenvalue weighted by molar-refractivity contribution is 0.0894. The lowest BCUT2D eigenvalue weighted by atomic mass is 9.99. The first kappa shape index (κ1) is 15.1. The maximum Gasteiger partial charge on any atom is 0.179 e. The monoisotopic (exact) mass is 300 g/mol. The molecule has 118 valence electrons. The van der Waals surface area contributed by atoms with Crippen molar-refractivity contribution in [3.8, 4) is 5.75 Å². The number of aryl methyl sites for hydroxylation is 1. The molecule has 1 saturated heterocycles. The van der Waals surface area contributed by atoms with Crippen molar-refractivity contribution >= 4 is 16.7 Å². The van der Waals surface area contributed by atoms with Crippen molar-refractivity contribution in [1.82, 2.24) is 9.88 Å². The number of hydrogen-bond donors (Lipinski definition) is 1. The number of rotatable bonds is 4. The van der Waals surface area contributed by atoms with E-state index in [-0.39, 0.29) is 5.78 Å². The molecule has 0 aliphatic carbocycles. The van der Waals surface area contributed by atoms with Crippen molar-refractivity contribution in [3.63, 3.8) is 0 Å². The fourth-order valence-corrected chi connectivity index (χ4v) is 3.50.